The van der Waals surface area contributed by atoms with Gasteiger partial charge in [-0.15, -0.1) is 0 Å². The molecule has 0 aromatic carbocycles. The number of carbonyl (C=O) groups excluding carboxylic acids is 1. The summed E-state index contributed by atoms with van der Waals surface area (Å²) >= 11 is 0. The van der Waals surface area contributed by atoms with Gasteiger partial charge in [0.2, 0.25) is 0 Å². The van der Waals surface area contributed by atoms with Gasteiger partial charge in [0.15, 0.2) is 5.65 Å². The summed E-state index contributed by atoms with van der Waals surface area (Å²) in [4.78, 5) is 55.6. The normalized spacial score (nSPS) is 12.3. The number of hydrogen-bond acceptors (Lipinski definition) is 5. The highest BCUT2D eigenvalue weighted by Gasteiger charge is 2.24. The highest BCUT2D eigenvalue weighted by Crippen LogP contribution is 2.20. The number of fused-ring (bicyclic) bond motifs is 1. The van der Waals surface area contributed by atoms with Crippen molar-refractivity contribution in [3.8, 4) is 0 Å². The lowest BCUT2D eigenvalue weighted by atomic mass is 10.0. The van der Waals surface area contributed by atoms with E-state index in [0.717, 1.165) is 6.42 Å². The van der Waals surface area contributed by atoms with E-state index in [1.54, 1.807) is 6.92 Å². The number of rotatable bonds is 8. The second-order valence-corrected chi connectivity index (χ2v) is 6.96. The van der Waals surface area contributed by atoms with Crippen molar-refractivity contribution in [2.24, 2.45) is 0 Å². The first-order chi connectivity index (χ1) is 13.2. The Kier molecular flexibility index (Phi) is 6.71. The zero-order valence-electron chi connectivity index (χ0n) is 16.5. The summed E-state index contributed by atoms with van der Waals surface area (Å²) in [5, 5.41) is 11.9. The van der Waals surface area contributed by atoms with Crippen LogP contribution < -0.4 is 16.6 Å². The summed E-state index contributed by atoms with van der Waals surface area (Å²) in [6.07, 6.45) is 1.72. The number of pyridine rings is 1. The van der Waals surface area contributed by atoms with Gasteiger partial charge in [0.05, 0.1) is 10.9 Å². The molecule has 152 valence electrons. The number of hydrogen-bond donors (Lipinski definition) is 3. The average molecular weight is 390 g/mol. The van der Waals surface area contributed by atoms with Gasteiger partial charge in [-0.25, -0.2) is 14.6 Å². The summed E-state index contributed by atoms with van der Waals surface area (Å²) < 4.78 is 1.28. The van der Waals surface area contributed by atoms with E-state index in [4.69, 9.17) is 0 Å². The first kappa shape index (κ1) is 21.3. The van der Waals surface area contributed by atoms with E-state index in [2.05, 4.69) is 15.3 Å². The molecule has 0 aliphatic rings. The second-order valence-electron chi connectivity index (χ2n) is 6.96. The molecule has 0 fully saturated rings. The molecule has 0 bridgehead atoms. The van der Waals surface area contributed by atoms with Crippen molar-refractivity contribution in [2.75, 3.05) is 0 Å². The van der Waals surface area contributed by atoms with Crippen LogP contribution in [-0.4, -0.2) is 37.6 Å². The molecular weight excluding hydrogens is 364 g/mol. The molecule has 2 aromatic rings. The third-order valence-corrected chi connectivity index (χ3v) is 4.57. The van der Waals surface area contributed by atoms with Crippen LogP contribution in [0.3, 0.4) is 0 Å². The summed E-state index contributed by atoms with van der Waals surface area (Å²) in [6.45, 7) is 7.66. The third-order valence-electron chi connectivity index (χ3n) is 4.57. The topological polar surface area (TPSA) is 134 Å². The molecule has 0 saturated heterocycles. The molecule has 1 atom stereocenters. The van der Waals surface area contributed by atoms with Gasteiger partial charge in [-0.2, -0.15) is 0 Å². The van der Waals surface area contributed by atoms with Gasteiger partial charge in [-0.3, -0.25) is 19.1 Å². The lowest BCUT2D eigenvalue weighted by Gasteiger charge is -2.17. The number of nitrogens with zero attached hydrogens (tertiary/aromatic N) is 2. The fraction of sp³-hybridized carbons (Fsp3) is 0.526. The van der Waals surface area contributed by atoms with E-state index in [9.17, 15) is 24.3 Å². The molecule has 1 amide bonds. The maximum atomic E-state index is 12.9. The Morgan fingerprint density at radius 1 is 1.29 bits per heavy atom. The summed E-state index contributed by atoms with van der Waals surface area (Å²) in [7, 11) is 0. The maximum Gasteiger partial charge on any atom is 0.329 e. The quantitative estimate of drug-likeness (QED) is 0.627. The van der Waals surface area contributed by atoms with E-state index < -0.39 is 29.2 Å². The zero-order chi connectivity index (χ0) is 21.0. The van der Waals surface area contributed by atoms with Crippen LogP contribution in [0.15, 0.2) is 15.7 Å². The van der Waals surface area contributed by atoms with E-state index in [1.807, 2.05) is 20.8 Å². The van der Waals surface area contributed by atoms with Gasteiger partial charge in [0.1, 0.15) is 6.04 Å². The number of aryl methyl sites for hydroxylation is 1. The van der Waals surface area contributed by atoms with Crippen LogP contribution in [0.2, 0.25) is 0 Å². The number of amides is 1. The van der Waals surface area contributed by atoms with E-state index in [0.29, 0.717) is 12.1 Å². The van der Waals surface area contributed by atoms with Gasteiger partial charge in [0, 0.05) is 12.2 Å². The predicted molar refractivity (Wildman–Crippen MR) is 105 cm³/mol. The molecule has 28 heavy (non-hydrogen) atoms. The lowest BCUT2D eigenvalue weighted by molar-refractivity contribution is -0.139. The van der Waals surface area contributed by atoms with Crippen LogP contribution in [0.5, 0.6) is 0 Å². The Labute approximate surface area is 161 Å². The molecular formula is C19H26N4O5. The van der Waals surface area contributed by atoms with Crippen molar-refractivity contribution in [2.45, 2.75) is 65.5 Å². The number of H-pyrrole nitrogens is 1. The molecule has 2 rings (SSSR count). The van der Waals surface area contributed by atoms with E-state index >= 15 is 0 Å². The van der Waals surface area contributed by atoms with Crippen molar-refractivity contribution in [3.63, 3.8) is 0 Å². The Morgan fingerprint density at radius 2 is 1.96 bits per heavy atom. The predicted octanol–water partition coefficient (Wildman–Crippen LogP) is 1.60. The van der Waals surface area contributed by atoms with Gasteiger partial charge < -0.3 is 10.4 Å². The standard InChI is InChI=1S/C19H26N4O5/c1-5-7-8-12(18(26)27)21-16(24)11-9-13(10(3)4)20-15-14(11)17(25)22-19(28)23(15)6-2/h9-10,12H,5-8H2,1-4H3,(H,21,24)(H,26,27)(H,22,25,28)/t12-/m0/s1. The van der Waals surface area contributed by atoms with Crippen LogP contribution in [-0.2, 0) is 11.3 Å². The summed E-state index contributed by atoms with van der Waals surface area (Å²) in [6, 6.07) is 0.426. The van der Waals surface area contributed by atoms with Crippen molar-refractivity contribution < 1.29 is 14.7 Å². The average Bonchev–Trinajstić information content (AvgIpc) is 2.63. The highest BCUT2D eigenvalue weighted by molar-refractivity contribution is 6.06. The molecule has 0 aliphatic carbocycles. The molecule has 9 nitrogen and oxygen atoms in total. The van der Waals surface area contributed by atoms with Crippen molar-refractivity contribution in [1.29, 1.82) is 0 Å². The lowest BCUT2D eigenvalue weighted by Crippen LogP contribution is -2.41. The first-order valence-corrected chi connectivity index (χ1v) is 9.42. The second kappa shape index (κ2) is 8.81. The van der Waals surface area contributed by atoms with Crippen LogP contribution in [0.1, 0.15) is 68.9 Å². The van der Waals surface area contributed by atoms with Gasteiger partial charge in [-0.1, -0.05) is 33.6 Å². The van der Waals surface area contributed by atoms with Gasteiger partial charge >= 0.3 is 11.7 Å². The minimum atomic E-state index is -1.14. The number of carboxylic acid groups (broad SMARTS) is 1. The van der Waals surface area contributed by atoms with E-state index in [1.165, 1.54) is 10.6 Å². The molecule has 3 N–H and O–H groups in total. The number of nitrogens with one attached hydrogen (secondary N) is 2. The Balaban J connectivity index is 2.68. The molecule has 0 radical (unpaired) electrons. The smallest absolute Gasteiger partial charge is 0.329 e. The SMILES string of the molecule is CCCC[C@H](NC(=O)c1cc(C(C)C)nc2c1c(=O)[nH]c(=O)n2CC)C(=O)O. The number of carbonyl (C=O) groups is 2. The fourth-order valence-electron chi connectivity index (χ4n) is 2.96. The number of aromatic amines is 1. The Bertz CT molecular complexity index is 1010. The van der Waals surface area contributed by atoms with Crippen LogP contribution in [0.4, 0.5) is 0 Å². The maximum absolute atomic E-state index is 12.9. The van der Waals surface area contributed by atoms with E-state index in [-0.39, 0.29) is 35.5 Å². The molecule has 9 heteroatoms. The Morgan fingerprint density at radius 3 is 2.50 bits per heavy atom. The fourth-order valence-corrected chi connectivity index (χ4v) is 2.96. The monoisotopic (exact) mass is 390 g/mol. The van der Waals surface area contributed by atoms with Crippen molar-refractivity contribution >= 4 is 22.9 Å². The van der Waals surface area contributed by atoms with Crippen LogP contribution in [0.25, 0.3) is 11.0 Å². The molecule has 2 aromatic heterocycles. The molecule has 2 heterocycles. The molecule has 0 spiro atoms. The van der Waals surface area contributed by atoms with Crippen LogP contribution in [0, 0.1) is 0 Å². The van der Waals surface area contributed by atoms with Crippen molar-refractivity contribution in [3.05, 3.63) is 38.2 Å². The zero-order valence-corrected chi connectivity index (χ0v) is 16.5. The molecule has 0 unspecified atom stereocenters. The highest BCUT2D eigenvalue weighted by atomic mass is 16.4. The Hall–Kier alpha value is -2.97. The van der Waals surface area contributed by atoms with Gasteiger partial charge in [0.25, 0.3) is 11.5 Å². The van der Waals surface area contributed by atoms with Crippen molar-refractivity contribution in [1.82, 2.24) is 19.9 Å². The largest absolute Gasteiger partial charge is 0.480 e. The number of carboxylic acids is 1. The minimum absolute atomic E-state index is 0.0138. The summed E-state index contributed by atoms with van der Waals surface area (Å²) in [5.41, 5.74) is -0.664. The third kappa shape index (κ3) is 4.29. The number of aliphatic carboxylic acids is 1. The minimum Gasteiger partial charge on any atom is -0.480 e. The molecule has 0 aliphatic heterocycles. The number of unbranched alkanes of at least 4 members (excludes halogenated alkanes) is 1. The summed E-state index contributed by atoms with van der Waals surface area (Å²) in [5.74, 6) is -1.88. The first-order valence-electron chi connectivity index (χ1n) is 9.42. The number of aromatic nitrogens is 3. The molecule has 0 saturated carbocycles. The van der Waals surface area contributed by atoms with Gasteiger partial charge in [-0.05, 0) is 25.3 Å². The van der Waals surface area contributed by atoms with Crippen LogP contribution >= 0.6 is 0 Å².